The summed E-state index contributed by atoms with van der Waals surface area (Å²) in [5, 5.41) is 5.74. The molecule has 0 saturated carbocycles. The van der Waals surface area contributed by atoms with Gasteiger partial charge in [-0.15, -0.1) is 0 Å². The second-order valence-corrected chi connectivity index (χ2v) is 6.78. The molecular weight excluding hydrogens is 312 g/mol. The Hall–Kier alpha value is -2.43. The molecule has 0 aliphatic carbocycles. The lowest BCUT2D eigenvalue weighted by Crippen LogP contribution is -2.34. The Bertz CT molecular complexity index is 928. The maximum absolute atomic E-state index is 12.4. The molecule has 2 aromatic heterocycles. The number of nitrogens with zero attached hydrogens (tertiary/aromatic N) is 4. The summed E-state index contributed by atoms with van der Waals surface area (Å²) in [6.07, 6.45) is 2.15. The van der Waals surface area contributed by atoms with Crippen molar-refractivity contribution in [1.82, 2.24) is 19.5 Å². The van der Waals surface area contributed by atoms with Crippen molar-refractivity contribution in [3.05, 3.63) is 41.2 Å². The summed E-state index contributed by atoms with van der Waals surface area (Å²) in [6, 6.07) is 8.32. The van der Waals surface area contributed by atoms with Crippen LogP contribution in [0.2, 0.25) is 0 Å². The summed E-state index contributed by atoms with van der Waals surface area (Å²) in [5.41, 5.74) is 5.00. The molecule has 5 heteroatoms. The highest BCUT2D eigenvalue weighted by Gasteiger charge is 2.17. The summed E-state index contributed by atoms with van der Waals surface area (Å²) in [6.45, 7) is 8.26. The van der Waals surface area contributed by atoms with E-state index in [-0.39, 0.29) is 11.9 Å². The zero-order valence-corrected chi connectivity index (χ0v) is 15.7. The summed E-state index contributed by atoms with van der Waals surface area (Å²) < 4.78 is 1.91. The maximum Gasteiger partial charge on any atom is 0.222 e. The molecule has 0 spiro atoms. The Morgan fingerprint density at radius 2 is 2.00 bits per heavy atom. The largest absolute Gasteiger partial charge is 0.343 e. The Morgan fingerprint density at radius 3 is 2.72 bits per heavy atom. The summed E-state index contributed by atoms with van der Waals surface area (Å²) in [4.78, 5) is 19.0. The molecule has 0 radical (unpaired) electrons. The molecular formula is C20H26N4O. The maximum atomic E-state index is 12.4. The van der Waals surface area contributed by atoms with E-state index in [9.17, 15) is 4.79 Å². The molecule has 25 heavy (non-hydrogen) atoms. The van der Waals surface area contributed by atoms with Gasteiger partial charge in [-0.25, -0.2) is 9.50 Å². The van der Waals surface area contributed by atoms with Gasteiger partial charge in [0.05, 0.1) is 5.52 Å². The van der Waals surface area contributed by atoms with Crippen molar-refractivity contribution in [3.63, 3.8) is 0 Å². The third kappa shape index (κ3) is 3.11. The molecule has 1 atom stereocenters. The van der Waals surface area contributed by atoms with E-state index in [1.54, 1.807) is 0 Å². The van der Waals surface area contributed by atoms with Gasteiger partial charge in [-0.3, -0.25) is 4.79 Å². The Morgan fingerprint density at radius 1 is 1.28 bits per heavy atom. The van der Waals surface area contributed by atoms with Crippen molar-refractivity contribution < 1.29 is 4.79 Å². The van der Waals surface area contributed by atoms with Crippen LogP contribution in [-0.4, -0.2) is 38.5 Å². The topological polar surface area (TPSA) is 50.5 Å². The van der Waals surface area contributed by atoms with Crippen LogP contribution in [0.1, 0.15) is 43.6 Å². The standard InChI is InChI=1S/C20H26N4O/c1-6-13(2)23(5)19(25)12-11-16-14(3)21-20-17-9-7-8-10-18(17)22-24(20)15(16)4/h7-10,13H,6,11-12H2,1-5H3/t13-/m1/s1. The first kappa shape index (κ1) is 17.4. The predicted molar refractivity (Wildman–Crippen MR) is 101 cm³/mol. The van der Waals surface area contributed by atoms with Crippen LogP contribution in [0.3, 0.4) is 0 Å². The average molecular weight is 338 g/mol. The van der Waals surface area contributed by atoms with Gasteiger partial charge in [-0.05, 0) is 51.3 Å². The average Bonchev–Trinajstić information content (AvgIpc) is 2.99. The van der Waals surface area contributed by atoms with Crippen molar-refractivity contribution >= 4 is 22.5 Å². The number of rotatable bonds is 5. The quantitative estimate of drug-likeness (QED) is 0.713. The minimum atomic E-state index is 0.180. The normalized spacial score (nSPS) is 12.7. The molecule has 5 nitrogen and oxygen atoms in total. The van der Waals surface area contributed by atoms with E-state index in [1.807, 2.05) is 47.7 Å². The molecule has 0 saturated heterocycles. The smallest absolute Gasteiger partial charge is 0.222 e. The Kier molecular flexibility index (Phi) is 4.75. The van der Waals surface area contributed by atoms with Crippen LogP contribution in [0.25, 0.3) is 16.6 Å². The highest BCUT2D eigenvalue weighted by Crippen LogP contribution is 2.23. The van der Waals surface area contributed by atoms with E-state index in [0.717, 1.165) is 39.9 Å². The van der Waals surface area contributed by atoms with Crippen molar-refractivity contribution in [2.24, 2.45) is 0 Å². The molecule has 2 heterocycles. The van der Waals surface area contributed by atoms with E-state index in [4.69, 9.17) is 4.98 Å². The first-order valence-electron chi connectivity index (χ1n) is 8.93. The number of benzene rings is 1. The summed E-state index contributed by atoms with van der Waals surface area (Å²) in [5.74, 6) is 0.180. The number of aromatic nitrogens is 3. The molecule has 0 unspecified atom stereocenters. The molecule has 0 bridgehead atoms. The van der Waals surface area contributed by atoms with Crippen LogP contribution >= 0.6 is 0 Å². The number of hydrogen-bond acceptors (Lipinski definition) is 3. The van der Waals surface area contributed by atoms with Crippen molar-refractivity contribution in [1.29, 1.82) is 0 Å². The van der Waals surface area contributed by atoms with Crippen molar-refractivity contribution in [2.75, 3.05) is 7.05 Å². The Labute approximate surface area is 148 Å². The first-order chi connectivity index (χ1) is 11.9. The van der Waals surface area contributed by atoms with Gasteiger partial charge in [-0.1, -0.05) is 19.1 Å². The first-order valence-corrected chi connectivity index (χ1v) is 8.93. The van der Waals surface area contributed by atoms with Gasteiger partial charge in [0.25, 0.3) is 0 Å². The van der Waals surface area contributed by atoms with Crippen LogP contribution in [0, 0.1) is 13.8 Å². The number of carbonyl (C=O) groups is 1. The van der Waals surface area contributed by atoms with E-state index >= 15 is 0 Å². The monoisotopic (exact) mass is 338 g/mol. The third-order valence-corrected chi connectivity index (χ3v) is 5.25. The second kappa shape index (κ2) is 6.82. The van der Waals surface area contributed by atoms with E-state index in [1.165, 1.54) is 0 Å². The zero-order valence-electron chi connectivity index (χ0n) is 15.7. The number of fused-ring (bicyclic) bond motifs is 3. The lowest BCUT2D eigenvalue weighted by molar-refractivity contribution is -0.131. The highest BCUT2D eigenvalue weighted by atomic mass is 16.2. The van der Waals surface area contributed by atoms with E-state index in [0.29, 0.717) is 12.8 Å². The van der Waals surface area contributed by atoms with Gasteiger partial charge in [0.15, 0.2) is 5.65 Å². The van der Waals surface area contributed by atoms with E-state index < -0.39 is 0 Å². The Balaban J connectivity index is 1.92. The lowest BCUT2D eigenvalue weighted by atomic mass is 10.1. The molecule has 3 aromatic rings. The van der Waals surface area contributed by atoms with Crippen molar-refractivity contribution in [2.45, 2.75) is 53.0 Å². The zero-order chi connectivity index (χ0) is 18.1. The molecule has 1 amide bonds. The number of amides is 1. The van der Waals surface area contributed by atoms with Gasteiger partial charge < -0.3 is 4.90 Å². The van der Waals surface area contributed by atoms with Crippen LogP contribution in [0.4, 0.5) is 0 Å². The second-order valence-electron chi connectivity index (χ2n) is 6.78. The summed E-state index contributed by atoms with van der Waals surface area (Å²) in [7, 11) is 1.89. The minimum absolute atomic E-state index is 0.180. The van der Waals surface area contributed by atoms with Gasteiger partial charge in [-0.2, -0.15) is 5.10 Å². The fraction of sp³-hybridized carbons (Fsp3) is 0.450. The fourth-order valence-corrected chi connectivity index (χ4v) is 3.27. The van der Waals surface area contributed by atoms with Gasteiger partial charge in [0, 0.05) is 36.3 Å². The van der Waals surface area contributed by atoms with Crippen molar-refractivity contribution in [3.8, 4) is 0 Å². The lowest BCUT2D eigenvalue weighted by Gasteiger charge is -2.24. The number of hydrogen-bond donors (Lipinski definition) is 0. The van der Waals surface area contributed by atoms with Gasteiger partial charge >= 0.3 is 0 Å². The molecule has 3 rings (SSSR count). The predicted octanol–water partition coefficient (Wildman–Crippen LogP) is 3.69. The van der Waals surface area contributed by atoms with Gasteiger partial charge in [0.2, 0.25) is 5.91 Å². The van der Waals surface area contributed by atoms with Crippen LogP contribution < -0.4 is 0 Å². The molecule has 0 N–H and O–H groups in total. The van der Waals surface area contributed by atoms with E-state index in [2.05, 4.69) is 25.9 Å². The number of aryl methyl sites for hydroxylation is 2. The highest BCUT2D eigenvalue weighted by molar-refractivity contribution is 5.92. The van der Waals surface area contributed by atoms with Crippen LogP contribution in [0.15, 0.2) is 24.3 Å². The SMILES string of the molecule is CC[C@@H](C)N(C)C(=O)CCc1c(C)nc2c3ccccc3nn2c1C. The van der Waals surface area contributed by atoms with Crippen LogP contribution in [0.5, 0.6) is 0 Å². The van der Waals surface area contributed by atoms with Crippen LogP contribution in [-0.2, 0) is 11.2 Å². The third-order valence-electron chi connectivity index (χ3n) is 5.25. The molecule has 0 fully saturated rings. The summed E-state index contributed by atoms with van der Waals surface area (Å²) >= 11 is 0. The van der Waals surface area contributed by atoms with Gasteiger partial charge in [0.1, 0.15) is 0 Å². The fourth-order valence-electron chi connectivity index (χ4n) is 3.27. The minimum Gasteiger partial charge on any atom is -0.343 e. The molecule has 0 aliphatic rings. The molecule has 1 aromatic carbocycles. The number of carbonyl (C=O) groups excluding carboxylic acids is 1. The molecule has 0 aliphatic heterocycles. The molecule has 132 valence electrons.